The van der Waals surface area contributed by atoms with Gasteiger partial charge in [-0.2, -0.15) is 0 Å². The smallest absolute Gasteiger partial charge is 0.184 e. The van der Waals surface area contributed by atoms with Crippen LogP contribution in [0.5, 0.6) is 5.75 Å². The zero-order valence-electron chi connectivity index (χ0n) is 14.2. The highest BCUT2D eigenvalue weighted by molar-refractivity contribution is 7.22. The van der Waals surface area contributed by atoms with Crippen molar-refractivity contribution in [1.29, 1.82) is 0 Å². The van der Waals surface area contributed by atoms with Crippen LogP contribution in [-0.2, 0) is 0 Å². The number of thiazole rings is 1. The molecule has 0 aliphatic heterocycles. The van der Waals surface area contributed by atoms with Gasteiger partial charge in [-0.1, -0.05) is 41.7 Å². The lowest BCUT2D eigenvalue weighted by Gasteiger charge is -2.18. The summed E-state index contributed by atoms with van der Waals surface area (Å²) in [5.74, 6) is 0.836. The molecule has 27 heavy (non-hydrogen) atoms. The number of aromatic nitrogens is 2. The Bertz CT molecular complexity index is 1200. The van der Waals surface area contributed by atoms with Crippen LogP contribution >= 0.6 is 11.3 Å². The second kappa shape index (κ2) is 6.41. The molecule has 0 radical (unpaired) electrons. The summed E-state index contributed by atoms with van der Waals surface area (Å²) in [6.07, 6.45) is 3.30. The molecule has 0 unspecified atom stereocenters. The molecule has 6 heteroatoms. The fraction of sp³-hybridized carbons (Fsp3) is 0.0476. The van der Waals surface area contributed by atoms with Crippen molar-refractivity contribution in [2.75, 3.05) is 5.32 Å². The van der Waals surface area contributed by atoms with E-state index in [2.05, 4.69) is 15.3 Å². The number of nitrogens with one attached hydrogen (secondary N) is 1. The molecule has 5 aromatic rings. The van der Waals surface area contributed by atoms with E-state index in [1.165, 1.54) is 0 Å². The van der Waals surface area contributed by atoms with Crippen LogP contribution in [0.4, 0.5) is 5.13 Å². The first-order chi connectivity index (χ1) is 13.3. The number of anilines is 1. The van der Waals surface area contributed by atoms with Crippen LogP contribution in [0.2, 0.25) is 0 Å². The maximum atomic E-state index is 10.9. The van der Waals surface area contributed by atoms with Crippen molar-refractivity contribution in [1.82, 2.24) is 9.97 Å². The second-order valence-corrected chi connectivity index (χ2v) is 7.19. The van der Waals surface area contributed by atoms with E-state index in [1.807, 2.05) is 60.7 Å². The largest absolute Gasteiger partial charge is 0.505 e. The number of benzene rings is 2. The zero-order valence-corrected chi connectivity index (χ0v) is 15.0. The number of rotatable bonds is 4. The molecule has 5 nitrogen and oxygen atoms in total. The van der Waals surface area contributed by atoms with Crippen LogP contribution in [-0.4, -0.2) is 15.1 Å². The summed E-state index contributed by atoms with van der Waals surface area (Å²) >= 11 is 1.57. The van der Waals surface area contributed by atoms with E-state index in [9.17, 15) is 5.11 Å². The van der Waals surface area contributed by atoms with E-state index in [0.29, 0.717) is 16.8 Å². The molecule has 1 atom stereocenters. The summed E-state index contributed by atoms with van der Waals surface area (Å²) < 4.78 is 6.75. The standard InChI is InChI=1S/C21H15N3O2S/c25-20-14(10-9-13-5-3-11-22-18(13)20)19(16-7-4-12-26-16)24-21-23-15-6-1-2-8-17(15)27-21/h1-12,19,25H,(H,23,24)/t19-/m1/s1. The van der Waals surface area contributed by atoms with Gasteiger partial charge in [0.25, 0.3) is 0 Å². The first-order valence-corrected chi connectivity index (χ1v) is 9.33. The van der Waals surface area contributed by atoms with Crippen LogP contribution in [0.1, 0.15) is 17.4 Å². The Morgan fingerprint density at radius 2 is 1.93 bits per heavy atom. The molecule has 0 saturated carbocycles. The van der Waals surface area contributed by atoms with Crippen molar-refractivity contribution in [3.63, 3.8) is 0 Å². The van der Waals surface area contributed by atoms with E-state index in [1.54, 1.807) is 23.8 Å². The quantitative estimate of drug-likeness (QED) is 0.445. The minimum absolute atomic E-state index is 0.142. The molecule has 3 aromatic heterocycles. The third-order valence-electron chi connectivity index (χ3n) is 4.48. The number of pyridine rings is 1. The van der Waals surface area contributed by atoms with Gasteiger partial charge >= 0.3 is 0 Å². The molecular formula is C21H15N3O2S. The average molecular weight is 373 g/mol. The lowest BCUT2D eigenvalue weighted by atomic mass is 10.0. The van der Waals surface area contributed by atoms with Gasteiger partial charge in [0.05, 0.1) is 16.5 Å². The normalized spacial score (nSPS) is 12.4. The first-order valence-electron chi connectivity index (χ1n) is 8.52. The molecule has 3 heterocycles. The molecule has 0 fully saturated rings. The number of hydrogen-bond acceptors (Lipinski definition) is 6. The zero-order chi connectivity index (χ0) is 18.2. The van der Waals surface area contributed by atoms with E-state index in [-0.39, 0.29) is 11.8 Å². The number of para-hydroxylation sites is 1. The molecule has 5 rings (SSSR count). The van der Waals surface area contributed by atoms with Crippen molar-refractivity contribution in [3.05, 3.63) is 84.4 Å². The number of furan rings is 1. The van der Waals surface area contributed by atoms with Crippen LogP contribution < -0.4 is 5.32 Å². The van der Waals surface area contributed by atoms with Gasteiger partial charge in [0, 0.05) is 17.1 Å². The Hall–Kier alpha value is -3.38. The Balaban J connectivity index is 1.62. The highest BCUT2D eigenvalue weighted by atomic mass is 32.1. The molecule has 0 aliphatic rings. The molecule has 132 valence electrons. The van der Waals surface area contributed by atoms with E-state index < -0.39 is 0 Å². The molecule has 0 spiro atoms. The summed E-state index contributed by atoms with van der Waals surface area (Å²) in [5, 5.41) is 15.9. The number of phenols is 1. The van der Waals surface area contributed by atoms with Crippen molar-refractivity contribution in [2.45, 2.75) is 6.04 Å². The van der Waals surface area contributed by atoms with Gasteiger partial charge < -0.3 is 14.8 Å². The third-order valence-corrected chi connectivity index (χ3v) is 5.45. The summed E-state index contributed by atoms with van der Waals surface area (Å²) in [6.45, 7) is 0. The highest BCUT2D eigenvalue weighted by Crippen LogP contribution is 2.38. The van der Waals surface area contributed by atoms with Gasteiger partial charge in [-0.3, -0.25) is 4.98 Å². The predicted octanol–water partition coefficient (Wildman–Crippen LogP) is 5.34. The van der Waals surface area contributed by atoms with Crippen molar-refractivity contribution < 1.29 is 9.52 Å². The molecule has 2 aromatic carbocycles. The van der Waals surface area contributed by atoms with Crippen molar-refractivity contribution in [3.8, 4) is 5.75 Å². The average Bonchev–Trinajstić information content (AvgIpc) is 3.36. The van der Waals surface area contributed by atoms with Gasteiger partial charge in [0.1, 0.15) is 23.1 Å². The fourth-order valence-corrected chi connectivity index (χ4v) is 4.09. The van der Waals surface area contributed by atoms with Gasteiger partial charge in [0.2, 0.25) is 0 Å². The molecule has 0 bridgehead atoms. The highest BCUT2D eigenvalue weighted by Gasteiger charge is 2.23. The Morgan fingerprint density at radius 1 is 1.00 bits per heavy atom. The molecule has 2 N–H and O–H groups in total. The van der Waals surface area contributed by atoms with Crippen LogP contribution in [0.25, 0.3) is 21.1 Å². The Morgan fingerprint density at radius 3 is 2.78 bits per heavy atom. The van der Waals surface area contributed by atoms with Crippen molar-refractivity contribution in [2.24, 2.45) is 0 Å². The van der Waals surface area contributed by atoms with E-state index in [0.717, 1.165) is 20.7 Å². The number of nitrogens with zero attached hydrogens (tertiary/aromatic N) is 2. The number of phenolic OH excluding ortho intramolecular Hbond substituents is 1. The summed E-state index contributed by atoms with van der Waals surface area (Å²) in [5.41, 5.74) is 2.20. The SMILES string of the molecule is Oc1c([C@@H](Nc2nc3ccccc3s2)c2ccco2)ccc2cccnc12. The van der Waals surface area contributed by atoms with Crippen molar-refractivity contribution >= 4 is 37.6 Å². The first kappa shape index (κ1) is 15.8. The summed E-state index contributed by atoms with van der Waals surface area (Å²) in [7, 11) is 0. The van der Waals surface area contributed by atoms with Gasteiger partial charge in [-0.05, 0) is 30.3 Å². The summed E-state index contributed by atoms with van der Waals surface area (Å²) in [4.78, 5) is 8.97. The van der Waals surface area contributed by atoms with E-state index in [4.69, 9.17) is 4.42 Å². The minimum Gasteiger partial charge on any atom is -0.505 e. The molecule has 0 saturated heterocycles. The molecule has 0 aliphatic carbocycles. The monoisotopic (exact) mass is 373 g/mol. The van der Waals surface area contributed by atoms with E-state index >= 15 is 0 Å². The lowest BCUT2D eigenvalue weighted by molar-refractivity contribution is 0.458. The van der Waals surface area contributed by atoms with Crippen LogP contribution in [0.3, 0.4) is 0 Å². The second-order valence-electron chi connectivity index (χ2n) is 6.16. The predicted molar refractivity (Wildman–Crippen MR) is 107 cm³/mol. The van der Waals surface area contributed by atoms with Gasteiger partial charge in [0.15, 0.2) is 5.13 Å². The topological polar surface area (TPSA) is 71.2 Å². The molecule has 0 amide bonds. The third kappa shape index (κ3) is 2.80. The Labute approximate surface area is 158 Å². The Kier molecular flexibility index (Phi) is 3.76. The van der Waals surface area contributed by atoms with Crippen LogP contribution in [0, 0.1) is 0 Å². The number of fused-ring (bicyclic) bond motifs is 2. The fourth-order valence-electron chi connectivity index (χ4n) is 3.19. The summed E-state index contributed by atoms with van der Waals surface area (Å²) in [6, 6.07) is 18.9. The maximum absolute atomic E-state index is 10.9. The van der Waals surface area contributed by atoms with Gasteiger partial charge in [-0.25, -0.2) is 4.98 Å². The van der Waals surface area contributed by atoms with Gasteiger partial charge in [-0.15, -0.1) is 0 Å². The number of hydrogen-bond donors (Lipinski definition) is 2. The minimum atomic E-state index is -0.382. The maximum Gasteiger partial charge on any atom is 0.184 e. The molecular weight excluding hydrogens is 358 g/mol. The lowest BCUT2D eigenvalue weighted by Crippen LogP contribution is -2.12. The van der Waals surface area contributed by atoms with Crippen LogP contribution in [0.15, 0.2) is 77.5 Å². The number of aromatic hydroxyl groups is 1.